The predicted molar refractivity (Wildman–Crippen MR) is 107 cm³/mol. The molecule has 9 heteroatoms. The number of nitrogens with one attached hydrogen (secondary N) is 2. The molecule has 9 nitrogen and oxygen atoms in total. The summed E-state index contributed by atoms with van der Waals surface area (Å²) in [6.07, 6.45) is 2.92. The first kappa shape index (κ1) is 21.1. The molecule has 0 saturated heterocycles. The number of carbonyl (C=O) groups is 2. The van der Waals surface area contributed by atoms with Gasteiger partial charge in [0.25, 0.3) is 11.8 Å². The molecular formula is C21H24N2O7. The first-order valence-corrected chi connectivity index (χ1v) is 9.56. The Hall–Kier alpha value is -3.62. The van der Waals surface area contributed by atoms with Gasteiger partial charge in [0.2, 0.25) is 0 Å². The van der Waals surface area contributed by atoms with Crippen LogP contribution in [0.3, 0.4) is 0 Å². The second-order valence-corrected chi connectivity index (χ2v) is 7.45. The van der Waals surface area contributed by atoms with E-state index in [1.54, 1.807) is 0 Å². The highest BCUT2D eigenvalue weighted by Gasteiger charge is 2.29. The first-order valence-electron chi connectivity index (χ1n) is 9.56. The topological polar surface area (TPSA) is 159 Å². The lowest BCUT2D eigenvalue weighted by Gasteiger charge is -2.33. The van der Waals surface area contributed by atoms with E-state index in [1.807, 2.05) is 0 Å². The fourth-order valence-corrected chi connectivity index (χ4v) is 3.53. The second kappa shape index (κ2) is 8.40. The zero-order valence-corrected chi connectivity index (χ0v) is 16.3. The molecule has 2 atom stereocenters. The number of phenolic OH excluding ortho intramolecular Hbond substituents is 5. The maximum absolute atomic E-state index is 12.6. The first-order chi connectivity index (χ1) is 14.2. The van der Waals surface area contributed by atoms with Crippen LogP contribution in [-0.4, -0.2) is 49.4 Å². The minimum Gasteiger partial charge on any atom is -0.508 e. The number of phenols is 5. The van der Waals surface area contributed by atoms with Crippen LogP contribution in [0.1, 0.15) is 52.0 Å². The van der Waals surface area contributed by atoms with Gasteiger partial charge in [-0.3, -0.25) is 9.59 Å². The van der Waals surface area contributed by atoms with E-state index in [0.29, 0.717) is 12.8 Å². The highest BCUT2D eigenvalue weighted by Crippen LogP contribution is 2.35. The number of amides is 2. The van der Waals surface area contributed by atoms with Gasteiger partial charge in [0.15, 0.2) is 17.2 Å². The van der Waals surface area contributed by atoms with Crippen LogP contribution in [-0.2, 0) is 0 Å². The van der Waals surface area contributed by atoms with E-state index in [9.17, 15) is 35.1 Å². The molecule has 2 aromatic rings. The summed E-state index contributed by atoms with van der Waals surface area (Å²) in [7, 11) is 0. The molecule has 0 unspecified atom stereocenters. The molecule has 0 aliphatic heterocycles. The van der Waals surface area contributed by atoms with Crippen LogP contribution in [0.25, 0.3) is 0 Å². The minimum atomic E-state index is -0.709. The Kier molecular flexibility index (Phi) is 5.91. The van der Waals surface area contributed by atoms with Crippen molar-refractivity contribution >= 4 is 11.8 Å². The molecule has 2 amide bonds. The van der Waals surface area contributed by atoms with Gasteiger partial charge < -0.3 is 36.2 Å². The van der Waals surface area contributed by atoms with Gasteiger partial charge in [0, 0.05) is 28.8 Å². The summed E-state index contributed by atoms with van der Waals surface area (Å²) in [6, 6.07) is 3.82. The van der Waals surface area contributed by atoms with Gasteiger partial charge in [-0.2, -0.15) is 0 Å². The minimum absolute atomic E-state index is 0.0353. The molecule has 0 spiro atoms. The number of hydrogen-bond acceptors (Lipinski definition) is 7. The van der Waals surface area contributed by atoms with Crippen LogP contribution in [0.4, 0.5) is 0 Å². The van der Waals surface area contributed by atoms with E-state index >= 15 is 0 Å². The average molecular weight is 416 g/mol. The van der Waals surface area contributed by atoms with E-state index in [0.717, 1.165) is 25.0 Å². The van der Waals surface area contributed by atoms with Gasteiger partial charge in [-0.05, 0) is 44.0 Å². The van der Waals surface area contributed by atoms with Crippen LogP contribution < -0.4 is 10.6 Å². The molecule has 0 radical (unpaired) electrons. The van der Waals surface area contributed by atoms with Gasteiger partial charge >= 0.3 is 0 Å². The lowest BCUT2D eigenvalue weighted by atomic mass is 9.89. The quantitative estimate of drug-likeness (QED) is 0.375. The van der Waals surface area contributed by atoms with Gasteiger partial charge in [-0.1, -0.05) is 12.8 Å². The van der Waals surface area contributed by atoms with Gasteiger partial charge in [0.05, 0.1) is 0 Å². The Morgan fingerprint density at radius 2 is 1.10 bits per heavy atom. The normalized spacial score (nSPS) is 18.6. The molecule has 0 aromatic heterocycles. The molecule has 1 aliphatic rings. The third-order valence-corrected chi connectivity index (χ3v) is 5.35. The monoisotopic (exact) mass is 416 g/mol. The summed E-state index contributed by atoms with van der Waals surface area (Å²) in [5.74, 6) is -3.40. The molecule has 1 fully saturated rings. The Labute approximate surface area is 172 Å². The van der Waals surface area contributed by atoms with Gasteiger partial charge in [-0.25, -0.2) is 0 Å². The van der Waals surface area contributed by atoms with E-state index < -0.39 is 35.1 Å². The van der Waals surface area contributed by atoms with Gasteiger partial charge in [0.1, 0.15) is 11.5 Å². The van der Waals surface area contributed by atoms with Crippen LogP contribution in [0.15, 0.2) is 24.3 Å². The molecule has 30 heavy (non-hydrogen) atoms. The molecular weight excluding hydrogens is 392 g/mol. The molecule has 2 aromatic carbocycles. The van der Waals surface area contributed by atoms with Crippen molar-refractivity contribution in [3.05, 3.63) is 41.0 Å². The van der Waals surface area contributed by atoms with Crippen molar-refractivity contribution in [3.8, 4) is 28.7 Å². The van der Waals surface area contributed by atoms with Crippen LogP contribution >= 0.6 is 0 Å². The van der Waals surface area contributed by atoms with Gasteiger partial charge in [-0.15, -0.1) is 0 Å². The molecule has 160 valence electrons. The number of aromatic hydroxyl groups is 5. The lowest BCUT2D eigenvalue weighted by molar-refractivity contribution is 0.0862. The third-order valence-electron chi connectivity index (χ3n) is 5.35. The Morgan fingerprint density at radius 1 is 0.733 bits per heavy atom. The predicted octanol–water partition coefficient (Wildman–Crippen LogP) is 1.99. The number of rotatable bonds is 4. The van der Waals surface area contributed by atoms with Crippen LogP contribution in [0, 0.1) is 6.92 Å². The summed E-state index contributed by atoms with van der Waals surface area (Å²) in [6.45, 7) is 1.53. The number of hydrogen-bond donors (Lipinski definition) is 7. The maximum atomic E-state index is 12.6. The molecule has 0 heterocycles. The second-order valence-electron chi connectivity index (χ2n) is 7.45. The van der Waals surface area contributed by atoms with Crippen molar-refractivity contribution < 1.29 is 35.1 Å². The van der Waals surface area contributed by atoms with E-state index in [2.05, 4.69) is 10.6 Å². The summed E-state index contributed by atoms with van der Waals surface area (Å²) in [5.41, 5.74) is 0.334. The third kappa shape index (κ3) is 4.35. The molecule has 3 rings (SSSR count). The summed E-state index contributed by atoms with van der Waals surface area (Å²) < 4.78 is 0. The zero-order chi connectivity index (χ0) is 22.0. The Balaban J connectivity index is 1.73. The SMILES string of the molecule is Cc1c(O)cc(C(=O)N[C@H]2CCCC[C@H]2NC(=O)c2cc(O)c(O)c(O)c2)cc1O. The summed E-state index contributed by atoms with van der Waals surface area (Å²) >= 11 is 0. The van der Waals surface area contributed by atoms with E-state index in [1.165, 1.54) is 19.1 Å². The maximum Gasteiger partial charge on any atom is 0.251 e. The van der Waals surface area contributed by atoms with Crippen molar-refractivity contribution in [1.29, 1.82) is 0 Å². The number of benzene rings is 2. The lowest BCUT2D eigenvalue weighted by Crippen LogP contribution is -2.53. The van der Waals surface area contributed by atoms with E-state index in [4.69, 9.17) is 0 Å². The smallest absolute Gasteiger partial charge is 0.251 e. The molecule has 0 bridgehead atoms. The summed E-state index contributed by atoms with van der Waals surface area (Å²) in [4.78, 5) is 25.2. The van der Waals surface area contributed by atoms with Crippen LogP contribution in [0.5, 0.6) is 28.7 Å². The molecule has 7 N–H and O–H groups in total. The van der Waals surface area contributed by atoms with Crippen molar-refractivity contribution in [1.82, 2.24) is 10.6 Å². The van der Waals surface area contributed by atoms with E-state index in [-0.39, 0.29) is 34.2 Å². The average Bonchev–Trinajstić information content (AvgIpc) is 2.70. The standard InChI is InChI=1S/C21H24N2O7/c1-10-15(24)6-11(7-16(10)25)20(29)22-13-4-2-3-5-14(13)23-21(30)12-8-17(26)19(28)18(27)9-12/h6-9,13-14,24-28H,2-5H2,1H3,(H,22,29)(H,23,30)/t13-,14+/m0/s1. The van der Waals surface area contributed by atoms with Crippen molar-refractivity contribution in [2.24, 2.45) is 0 Å². The Bertz CT molecular complexity index is 864. The fraction of sp³-hybridized carbons (Fsp3) is 0.333. The highest BCUT2D eigenvalue weighted by atomic mass is 16.3. The van der Waals surface area contributed by atoms with Crippen LogP contribution in [0.2, 0.25) is 0 Å². The zero-order valence-electron chi connectivity index (χ0n) is 16.3. The molecule has 1 aliphatic carbocycles. The number of carbonyl (C=O) groups excluding carboxylic acids is 2. The molecule has 1 saturated carbocycles. The van der Waals surface area contributed by atoms with Crippen molar-refractivity contribution in [2.75, 3.05) is 0 Å². The van der Waals surface area contributed by atoms with Crippen molar-refractivity contribution in [3.63, 3.8) is 0 Å². The summed E-state index contributed by atoms with van der Waals surface area (Å²) in [5, 5.41) is 54.0. The fourth-order valence-electron chi connectivity index (χ4n) is 3.53. The Morgan fingerprint density at radius 3 is 1.50 bits per heavy atom. The highest BCUT2D eigenvalue weighted by molar-refractivity contribution is 5.97. The van der Waals surface area contributed by atoms with Crippen molar-refractivity contribution in [2.45, 2.75) is 44.7 Å². The largest absolute Gasteiger partial charge is 0.508 e.